The van der Waals surface area contributed by atoms with E-state index >= 15 is 0 Å². The highest BCUT2D eigenvalue weighted by molar-refractivity contribution is 5.76. The Bertz CT molecular complexity index is 984. The number of rotatable bonds is 7. The van der Waals surface area contributed by atoms with Gasteiger partial charge in [0.05, 0.1) is 5.69 Å². The van der Waals surface area contributed by atoms with Gasteiger partial charge in [-0.1, -0.05) is 39.8 Å². The number of aliphatic imine (C=N–C) groups is 1. The highest BCUT2D eigenvalue weighted by Gasteiger charge is 2.06. The Morgan fingerprint density at radius 1 is 1.16 bits per heavy atom. The molecule has 0 amide bonds. The SMILES string of the molecule is C=C.CC.CC.Cc1cc2cn(-c3ccc(CNCCCN=C(N)N)cc3)c(=O)nc2[nH]1. The van der Waals surface area contributed by atoms with Crippen molar-refractivity contribution in [1.82, 2.24) is 19.9 Å². The smallest absolute Gasteiger partial charge is 0.354 e. The molecule has 6 N–H and O–H groups in total. The number of aromatic nitrogens is 3. The van der Waals surface area contributed by atoms with Crippen LogP contribution in [0.1, 0.15) is 45.4 Å². The van der Waals surface area contributed by atoms with Gasteiger partial charge in [0, 0.05) is 30.4 Å². The average Bonchev–Trinajstić information content (AvgIpc) is 3.18. The van der Waals surface area contributed by atoms with Crippen LogP contribution in [0.25, 0.3) is 16.7 Å². The number of benzene rings is 1. The van der Waals surface area contributed by atoms with E-state index in [1.807, 2.05) is 71.1 Å². The van der Waals surface area contributed by atoms with E-state index in [9.17, 15) is 4.79 Å². The Labute approximate surface area is 191 Å². The van der Waals surface area contributed by atoms with Gasteiger partial charge in [-0.15, -0.1) is 13.2 Å². The molecule has 0 fully saturated rings. The van der Waals surface area contributed by atoms with E-state index in [0.717, 1.165) is 41.8 Å². The summed E-state index contributed by atoms with van der Waals surface area (Å²) in [5.74, 6) is 0.123. The van der Waals surface area contributed by atoms with Crippen molar-refractivity contribution >= 4 is 17.0 Å². The molecule has 2 aromatic heterocycles. The second-order valence-corrected chi connectivity index (χ2v) is 6.15. The van der Waals surface area contributed by atoms with Crippen molar-refractivity contribution in [3.05, 3.63) is 71.4 Å². The molecule has 2 heterocycles. The molecule has 8 heteroatoms. The van der Waals surface area contributed by atoms with Gasteiger partial charge in [-0.05, 0) is 43.7 Å². The summed E-state index contributed by atoms with van der Waals surface area (Å²) in [6.45, 7) is 18.1. The van der Waals surface area contributed by atoms with Crippen molar-refractivity contribution in [3.63, 3.8) is 0 Å². The fraction of sp³-hybridized carbons (Fsp3) is 0.375. The Hall–Kier alpha value is -3.39. The van der Waals surface area contributed by atoms with E-state index in [2.05, 4.69) is 33.4 Å². The highest BCUT2D eigenvalue weighted by atomic mass is 16.1. The van der Waals surface area contributed by atoms with Gasteiger partial charge >= 0.3 is 5.69 Å². The molecule has 32 heavy (non-hydrogen) atoms. The predicted molar refractivity (Wildman–Crippen MR) is 137 cm³/mol. The number of nitrogens with zero attached hydrogens (tertiary/aromatic N) is 3. The minimum atomic E-state index is -0.301. The normalized spacial score (nSPS) is 9.41. The van der Waals surface area contributed by atoms with Gasteiger partial charge in [-0.3, -0.25) is 9.56 Å². The van der Waals surface area contributed by atoms with Crippen LogP contribution in [-0.2, 0) is 6.54 Å². The Morgan fingerprint density at radius 3 is 2.38 bits per heavy atom. The first-order valence-corrected chi connectivity index (χ1v) is 11.0. The summed E-state index contributed by atoms with van der Waals surface area (Å²) in [5, 5.41) is 4.25. The molecule has 0 aliphatic carbocycles. The third-order valence-electron chi connectivity index (χ3n) is 3.99. The topological polar surface area (TPSA) is 127 Å². The minimum Gasteiger partial charge on any atom is -0.370 e. The summed E-state index contributed by atoms with van der Waals surface area (Å²) >= 11 is 0. The van der Waals surface area contributed by atoms with Gasteiger partial charge in [-0.25, -0.2) is 4.79 Å². The van der Waals surface area contributed by atoms with Crippen molar-refractivity contribution in [2.45, 2.75) is 47.6 Å². The standard InChI is InChI=1S/C18H23N7O.2C2H6.C2H4/c1-12-9-14-11-25(18(26)24-16(14)23-12)15-5-3-13(4-6-15)10-21-7-2-8-22-17(19)20;3*1-2/h3-6,9,11,21H,2,7-8,10H2,1H3,(H4,19,20,22)(H,23,24,26);2*1-2H3;1-2H2. The maximum Gasteiger partial charge on any atom is 0.354 e. The maximum absolute atomic E-state index is 12.2. The van der Waals surface area contributed by atoms with E-state index in [1.165, 1.54) is 0 Å². The van der Waals surface area contributed by atoms with E-state index < -0.39 is 0 Å². The number of aryl methyl sites for hydroxylation is 1. The molecule has 3 rings (SSSR count). The molecule has 3 aromatic rings. The van der Waals surface area contributed by atoms with Crippen molar-refractivity contribution in [1.29, 1.82) is 0 Å². The molecule has 0 aliphatic heterocycles. The third kappa shape index (κ3) is 9.18. The molecule has 1 aromatic carbocycles. The lowest BCUT2D eigenvalue weighted by Crippen LogP contribution is -2.23. The van der Waals surface area contributed by atoms with Gasteiger partial charge in [0.25, 0.3) is 0 Å². The number of nitrogens with two attached hydrogens (primary N) is 2. The fourth-order valence-corrected chi connectivity index (χ4v) is 2.74. The van der Waals surface area contributed by atoms with Crippen LogP contribution in [0.2, 0.25) is 0 Å². The molecule has 0 unspecified atom stereocenters. The van der Waals surface area contributed by atoms with Crippen molar-refractivity contribution in [3.8, 4) is 5.69 Å². The lowest BCUT2D eigenvalue weighted by Gasteiger charge is -2.08. The Kier molecular flexibility index (Phi) is 14.6. The zero-order chi connectivity index (χ0) is 24.5. The number of fused-ring (bicyclic) bond motifs is 1. The maximum atomic E-state index is 12.2. The highest BCUT2D eigenvalue weighted by Crippen LogP contribution is 2.13. The molecular formula is C24H39N7O. The van der Waals surface area contributed by atoms with Gasteiger partial charge in [0.15, 0.2) is 5.96 Å². The van der Waals surface area contributed by atoms with Gasteiger partial charge in [0.1, 0.15) is 5.65 Å². The summed E-state index contributed by atoms with van der Waals surface area (Å²) in [4.78, 5) is 23.3. The number of hydrogen-bond donors (Lipinski definition) is 4. The first-order valence-electron chi connectivity index (χ1n) is 11.0. The van der Waals surface area contributed by atoms with Crippen LogP contribution in [0.5, 0.6) is 0 Å². The number of aromatic amines is 1. The van der Waals surface area contributed by atoms with Crippen molar-refractivity contribution in [2.75, 3.05) is 13.1 Å². The largest absolute Gasteiger partial charge is 0.370 e. The number of nitrogens with one attached hydrogen (secondary N) is 2. The van der Waals surface area contributed by atoms with Crippen LogP contribution in [0.15, 0.2) is 59.5 Å². The Balaban J connectivity index is 0.00000148. The second-order valence-electron chi connectivity index (χ2n) is 6.15. The van der Waals surface area contributed by atoms with E-state index in [4.69, 9.17) is 11.5 Å². The van der Waals surface area contributed by atoms with Crippen LogP contribution in [-0.4, -0.2) is 33.6 Å². The number of guanidine groups is 1. The minimum absolute atomic E-state index is 0.123. The average molecular weight is 442 g/mol. The van der Waals surface area contributed by atoms with Gasteiger partial charge < -0.3 is 21.8 Å². The van der Waals surface area contributed by atoms with Crippen molar-refractivity contribution < 1.29 is 0 Å². The van der Waals surface area contributed by atoms with Gasteiger partial charge in [0.2, 0.25) is 0 Å². The molecule has 0 saturated carbocycles. The quantitative estimate of drug-likeness (QED) is 0.193. The summed E-state index contributed by atoms with van der Waals surface area (Å²) in [6.07, 6.45) is 2.68. The molecule has 176 valence electrons. The fourth-order valence-electron chi connectivity index (χ4n) is 2.74. The van der Waals surface area contributed by atoms with Crippen LogP contribution in [0.4, 0.5) is 0 Å². The van der Waals surface area contributed by atoms with Crippen LogP contribution >= 0.6 is 0 Å². The molecular weight excluding hydrogens is 402 g/mol. The van der Waals surface area contributed by atoms with Crippen LogP contribution in [0.3, 0.4) is 0 Å². The molecule has 0 atom stereocenters. The van der Waals surface area contributed by atoms with E-state index in [-0.39, 0.29) is 11.6 Å². The zero-order valence-electron chi connectivity index (χ0n) is 20.1. The molecule has 0 spiro atoms. The predicted octanol–water partition coefficient (Wildman–Crippen LogP) is 3.63. The molecule has 0 radical (unpaired) electrons. The molecule has 8 nitrogen and oxygen atoms in total. The second kappa shape index (κ2) is 16.3. The molecule has 0 saturated heterocycles. The first-order chi connectivity index (χ1) is 15.5. The Morgan fingerprint density at radius 2 is 1.78 bits per heavy atom. The number of hydrogen-bond acceptors (Lipinski definition) is 4. The summed E-state index contributed by atoms with van der Waals surface area (Å²) < 4.78 is 1.56. The van der Waals surface area contributed by atoms with Crippen LogP contribution in [0, 0.1) is 6.92 Å². The molecule has 0 bridgehead atoms. The summed E-state index contributed by atoms with van der Waals surface area (Å²) in [5.41, 5.74) is 13.8. The van der Waals surface area contributed by atoms with E-state index in [0.29, 0.717) is 12.2 Å². The summed E-state index contributed by atoms with van der Waals surface area (Å²) in [7, 11) is 0. The zero-order valence-corrected chi connectivity index (χ0v) is 20.1. The third-order valence-corrected chi connectivity index (χ3v) is 3.99. The van der Waals surface area contributed by atoms with Gasteiger partial charge in [-0.2, -0.15) is 4.98 Å². The van der Waals surface area contributed by atoms with Crippen LogP contribution < -0.4 is 22.5 Å². The first kappa shape index (κ1) is 28.6. The number of H-pyrrole nitrogens is 1. The van der Waals surface area contributed by atoms with Crippen molar-refractivity contribution in [2.24, 2.45) is 16.5 Å². The lowest BCUT2D eigenvalue weighted by molar-refractivity contribution is 0.655. The lowest BCUT2D eigenvalue weighted by atomic mass is 10.2. The molecule has 0 aliphatic rings. The summed E-state index contributed by atoms with van der Waals surface area (Å²) in [6, 6.07) is 9.81. The monoisotopic (exact) mass is 441 g/mol. The van der Waals surface area contributed by atoms with E-state index in [1.54, 1.807) is 4.57 Å².